The van der Waals surface area contributed by atoms with Crippen LogP contribution >= 0.6 is 0 Å². The van der Waals surface area contributed by atoms with Crippen LogP contribution in [0.1, 0.15) is 35.9 Å². The molecule has 1 aliphatic rings. The highest BCUT2D eigenvalue weighted by molar-refractivity contribution is 6.02. The number of nitrogens with one attached hydrogen (secondary N) is 3. The summed E-state index contributed by atoms with van der Waals surface area (Å²) in [5.74, 6) is -0.775. The van der Waals surface area contributed by atoms with Gasteiger partial charge in [-0.25, -0.2) is 4.79 Å². The molecule has 0 saturated carbocycles. The first-order valence-electron chi connectivity index (χ1n) is 9.55. The van der Waals surface area contributed by atoms with E-state index in [1.807, 2.05) is 0 Å². The van der Waals surface area contributed by atoms with Crippen LogP contribution in [0.15, 0.2) is 41.0 Å². The predicted molar refractivity (Wildman–Crippen MR) is 106 cm³/mol. The summed E-state index contributed by atoms with van der Waals surface area (Å²) in [4.78, 5) is 37.5. The fourth-order valence-electron chi connectivity index (χ4n) is 3.22. The van der Waals surface area contributed by atoms with Crippen molar-refractivity contribution in [2.45, 2.75) is 32.0 Å². The molecule has 31 heavy (non-hydrogen) atoms. The van der Waals surface area contributed by atoms with E-state index in [4.69, 9.17) is 4.42 Å². The van der Waals surface area contributed by atoms with Crippen molar-refractivity contribution in [3.05, 3.63) is 47.9 Å². The van der Waals surface area contributed by atoms with Gasteiger partial charge in [-0.2, -0.15) is 13.2 Å². The van der Waals surface area contributed by atoms with Crippen molar-refractivity contribution in [1.82, 2.24) is 10.2 Å². The number of furan rings is 1. The van der Waals surface area contributed by atoms with Crippen molar-refractivity contribution in [1.29, 1.82) is 0 Å². The summed E-state index contributed by atoms with van der Waals surface area (Å²) < 4.78 is 45.5. The second kappa shape index (κ2) is 9.11. The molecule has 1 saturated heterocycles. The molecule has 1 aromatic heterocycles. The van der Waals surface area contributed by atoms with Gasteiger partial charge in [-0.1, -0.05) is 0 Å². The van der Waals surface area contributed by atoms with Crippen molar-refractivity contribution in [2.24, 2.45) is 0 Å². The van der Waals surface area contributed by atoms with Gasteiger partial charge in [0.2, 0.25) is 5.91 Å². The molecule has 3 N–H and O–H groups in total. The van der Waals surface area contributed by atoms with Crippen LogP contribution in [0.25, 0.3) is 0 Å². The molecular weight excluding hydrogens is 417 g/mol. The summed E-state index contributed by atoms with van der Waals surface area (Å²) in [6.07, 6.45) is -2.31. The van der Waals surface area contributed by atoms with Gasteiger partial charge in [0.25, 0.3) is 5.91 Å². The molecule has 0 radical (unpaired) electrons. The minimum Gasteiger partial charge on any atom is -0.459 e. The summed E-state index contributed by atoms with van der Waals surface area (Å²) >= 11 is 0. The van der Waals surface area contributed by atoms with Crippen LogP contribution in [0.5, 0.6) is 0 Å². The number of hydrogen-bond donors (Lipinski definition) is 3. The van der Waals surface area contributed by atoms with Gasteiger partial charge in [0.1, 0.15) is 0 Å². The van der Waals surface area contributed by atoms with Crippen LogP contribution in [0.4, 0.5) is 29.3 Å². The number of carbonyl (C=O) groups is 3. The number of alkyl halides is 3. The number of urea groups is 1. The van der Waals surface area contributed by atoms with Crippen molar-refractivity contribution in [3.8, 4) is 0 Å². The van der Waals surface area contributed by atoms with Gasteiger partial charge in [-0.15, -0.1) is 0 Å². The number of likely N-dealkylation sites (tertiary alicyclic amines) is 1. The Bertz CT molecular complexity index is 960. The minimum atomic E-state index is -4.78. The summed E-state index contributed by atoms with van der Waals surface area (Å²) in [6.45, 7) is 2.52. The molecule has 0 unspecified atom stereocenters. The van der Waals surface area contributed by atoms with E-state index in [9.17, 15) is 27.6 Å². The standard InChI is InChI=1S/C20H21F3N4O4/c1-12(11-27-8-2-5-17(27)28)24-19(30)26-15-7-6-13(10-14(15)20(21,22)23)25-18(29)16-4-3-9-31-16/h3-4,6-7,9-10,12H,2,5,8,11H2,1H3,(H,25,29)(H2,24,26,30)/t12-/m0/s1. The third kappa shape index (κ3) is 5.77. The number of rotatable bonds is 6. The van der Waals surface area contributed by atoms with E-state index < -0.39 is 35.4 Å². The molecule has 8 nitrogen and oxygen atoms in total. The Labute approximate surface area is 175 Å². The zero-order chi connectivity index (χ0) is 22.6. The molecule has 0 spiro atoms. The molecule has 2 aromatic rings. The van der Waals surface area contributed by atoms with Gasteiger partial charge in [0.15, 0.2) is 5.76 Å². The Kier molecular flexibility index (Phi) is 6.52. The number of carbonyl (C=O) groups excluding carboxylic acids is 3. The fraction of sp³-hybridized carbons (Fsp3) is 0.350. The molecule has 0 bridgehead atoms. The Hall–Kier alpha value is -3.50. The van der Waals surface area contributed by atoms with Crippen molar-refractivity contribution >= 4 is 29.2 Å². The Balaban J connectivity index is 1.67. The van der Waals surface area contributed by atoms with Gasteiger partial charge >= 0.3 is 12.2 Å². The summed E-state index contributed by atoms with van der Waals surface area (Å²) in [7, 11) is 0. The number of halogens is 3. The number of amides is 4. The summed E-state index contributed by atoms with van der Waals surface area (Å²) in [5.41, 5.74) is -1.70. The maximum atomic E-state index is 13.5. The minimum absolute atomic E-state index is 0.0133. The van der Waals surface area contributed by atoms with E-state index in [1.165, 1.54) is 24.5 Å². The highest BCUT2D eigenvalue weighted by Gasteiger charge is 2.34. The van der Waals surface area contributed by atoms with Crippen LogP contribution in [-0.4, -0.2) is 41.9 Å². The molecule has 1 fully saturated rings. The fourth-order valence-corrected chi connectivity index (χ4v) is 3.22. The van der Waals surface area contributed by atoms with Crippen molar-refractivity contribution in [3.63, 3.8) is 0 Å². The van der Waals surface area contributed by atoms with E-state index in [1.54, 1.807) is 11.8 Å². The topological polar surface area (TPSA) is 104 Å². The second-order valence-corrected chi connectivity index (χ2v) is 7.13. The number of anilines is 2. The van der Waals surface area contributed by atoms with Crippen molar-refractivity contribution in [2.75, 3.05) is 23.7 Å². The lowest BCUT2D eigenvalue weighted by Gasteiger charge is -2.22. The first-order valence-corrected chi connectivity index (χ1v) is 9.55. The van der Waals surface area contributed by atoms with Gasteiger partial charge in [0.05, 0.1) is 17.5 Å². The van der Waals surface area contributed by atoms with Crippen LogP contribution in [0.2, 0.25) is 0 Å². The average molecular weight is 438 g/mol. The maximum absolute atomic E-state index is 13.5. The molecule has 11 heteroatoms. The smallest absolute Gasteiger partial charge is 0.418 e. The van der Waals surface area contributed by atoms with Crippen LogP contribution in [0.3, 0.4) is 0 Å². The highest BCUT2D eigenvalue weighted by atomic mass is 19.4. The summed E-state index contributed by atoms with van der Waals surface area (Å²) in [5, 5.41) is 7.03. The molecule has 3 rings (SSSR count). The van der Waals surface area contributed by atoms with E-state index in [0.717, 1.165) is 18.6 Å². The molecule has 4 amide bonds. The third-order valence-corrected chi connectivity index (χ3v) is 4.62. The molecular formula is C20H21F3N4O4. The number of nitrogens with zero attached hydrogens (tertiary/aromatic N) is 1. The summed E-state index contributed by atoms with van der Waals surface area (Å²) in [6, 6.07) is 4.56. The van der Waals surface area contributed by atoms with E-state index in [2.05, 4.69) is 16.0 Å². The first-order chi connectivity index (χ1) is 14.6. The maximum Gasteiger partial charge on any atom is 0.418 e. The van der Waals surface area contributed by atoms with Gasteiger partial charge in [0, 0.05) is 31.2 Å². The predicted octanol–water partition coefficient (Wildman–Crippen LogP) is 3.68. The van der Waals surface area contributed by atoms with Crippen LogP contribution in [-0.2, 0) is 11.0 Å². The van der Waals surface area contributed by atoms with Crippen LogP contribution in [0, 0.1) is 0 Å². The Morgan fingerprint density at radius 3 is 2.61 bits per heavy atom. The SMILES string of the molecule is C[C@@H](CN1CCCC1=O)NC(=O)Nc1ccc(NC(=O)c2ccco2)cc1C(F)(F)F. The Morgan fingerprint density at radius 2 is 2.00 bits per heavy atom. The van der Waals surface area contributed by atoms with Gasteiger partial charge in [-0.3, -0.25) is 9.59 Å². The van der Waals surface area contributed by atoms with Gasteiger partial charge < -0.3 is 25.3 Å². The zero-order valence-corrected chi connectivity index (χ0v) is 16.6. The van der Waals surface area contributed by atoms with E-state index in [-0.39, 0.29) is 23.9 Å². The normalized spacial score (nSPS) is 15.0. The molecule has 166 valence electrons. The lowest BCUT2D eigenvalue weighted by Crippen LogP contribution is -2.44. The highest BCUT2D eigenvalue weighted by Crippen LogP contribution is 2.36. The lowest BCUT2D eigenvalue weighted by molar-refractivity contribution is -0.137. The largest absolute Gasteiger partial charge is 0.459 e. The molecule has 1 aromatic carbocycles. The van der Waals surface area contributed by atoms with Gasteiger partial charge in [-0.05, 0) is 43.7 Å². The van der Waals surface area contributed by atoms with E-state index >= 15 is 0 Å². The Morgan fingerprint density at radius 1 is 1.23 bits per heavy atom. The monoisotopic (exact) mass is 438 g/mol. The van der Waals surface area contributed by atoms with E-state index in [0.29, 0.717) is 13.0 Å². The third-order valence-electron chi connectivity index (χ3n) is 4.62. The van der Waals surface area contributed by atoms with Crippen molar-refractivity contribution < 1.29 is 32.0 Å². The van der Waals surface area contributed by atoms with Crippen LogP contribution < -0.4 is 16.0 Å². The number of hydrogen-bond acceptors (Lipinski definition) is 4. The molecule has 2 heterocycles. The molecule has 0 aliphatic carbocycles. The second-order valence-electron chi connectivity index (χ2n) is 7.13. The molecule has 1 aliphatic heterocycles. The zero-order valence-electron chi connectivity index (χ0n) is 16.6. The molecule has 1 atom stereocenters. The average Bonchev–Trinajstić information content (AvgIpc) is 3.34. The lowest BCUT2D eigenvalue weighted by atomic mass is 10.1. The first kappa shape index (κ1) is 22.2. The quantitative estimate of drug-likeness (QED) is 0.640. The number of benzene rings is 1.